The molecule has 0 aliphatic heterocycles. The summed E-state index contributed by atoms with van der Waals surface area (Å²) >= 11 is 0. The number of nitrogens with two attached hydrogens (primary N) is 1. The van der Waals surface area contributed by atoms with Crippen LogP contribution in [0.1, 0.15) is 11.4 Å². The fourth-order valence-electron chi connectivity index (χ4n) is 1.87. The predicted molar refractivity (Wildman–Crippen MR) is 68.7 cm³/mol. The summed E-state index contributed by atoms with van der Waals surface area (Å²) in [5.74, 6) is 6.32. The Labute approximate surface area is 107 Å². The van der Waals surface area contributed by atoms with E-state index in [-0.39, 0.29) is 5.82 Å². The zero-order valence-electron chi connectivity index (χ0n) is 9.89. The molecule has 0 aliphatic carbocycles. The van der Waals surface area contributed by atoms with Gasteiger partial charge in [-0.05, 0) is 17.7 Å². The maximum absolute atomic E-state index is 12.8. The van der Waals surface area contributed by atoms with Gasteiger partial charge in [-0.15, -0.1) is 0 Å². The molecule has 1 aromatic carbocycles. The number of imidazole rings is 1. The highest BCUT2D eigenvalue weighted by Crippen LogP contribution is 2.17. The van der Waals surface area contributed by atoms with E-state index < -0.39 is 0 Å². The molecule has 2 heterocycles. The Bertz CT molecular complexity index is 706. The molecule has 19 heavy (non-hydrogen) atoms. The second-order valence-corrected chi connectivity index (χ2v) is 4.05. The normalized spacial score (nSPS) is 10.8. The van der Waals surface area contributed by atoms with Crippen molar-refractivity contribution >= 4 is 17.0 Å². The van der Waals surface area contributed by atoms with Crippen LogP contribution in [0.25, 0.3) is 11.2 Å². The highest BCUT2D eigenvalue weighted by Gasteiger charge is 2.09. The minimum Gasteiger partial charge on any atom is -0.337 e. The number of hydrazine groups is 1. The summed E-state index contributed by atoms with van der Waals surface area (Å²) in [7, 11) is 0. The van der Waals surface area contributed by atoms with Gasteiger partial charge in [0.1, 0.15) is 23.5 Å². The molecule has 0 fully saturated rings. The molecular weight excluding hydrogens is 247 g/mol. The molecule has 0 amide bonds. The molecule has 0 saturated heterocycles. The van der Waals surface area contributed by atoms with Crippen molar-refractivity contribution in [3.63, 3.8) is 0 Å². The number of hydrogen-bond donors (Lipinski definition) is 3. The lowest BCUT2D eigenvalue weighted by Gasteiger charge is -1.98. The molecule has 0 unspecified atom stereocenters. The maximum Gasteiger partial charge on any atom is 0.183 e. The highest BCUT2D eigenvalue weighted by atomic mass is 19.1. The zero-order valence-corrected chi connectivity index (χ0v) is 9.89. The standard InChI is InChI=1S/C12H11FN6/c13-8-3-1-7(2-4-8)5-9-17-10-11(18-9)15-6-16-12(10)19-14/h1-4,6H,5,14H2,(H2,15,16,17,18,19). The lowest BCUT2D eigenvalue weighted by Crippen LogP contribution is -2.09. The van der Waals surface area contributed by atoms with Crippen LogP contribution in [0.4, 0.5) is 10.2 Å². The number of nitrogens with one attached hydrogen (secondary N) is 2. The molecule has 0 saturated carbocycles. The van der Waals surface area contributed by atoms with Crippen molar-refractivity contribution in [3.05, 3.63) is 47.8 Å². The van der Waals surface area contributed by atoms with E-state index in [4.69, 9.17) is 5.84 Å². The fourth-order valence-corrected chi connectivity index (χ4v) is 1.87. The van der Waals surface area contributed by atoms with Gasteiger partial charge in [0.25, 0.3) is 0 Å². The zero-order chi connectivity index (χ0) is 13.2. The summed E-state index contributed by atoms with van der Waals surface area (Å²) in [5, 5.41) is 0. The molecule has 0 atom stereocenters. The van der Waals surface area contributed by atoms with E-state index in [1.54, 1.807) is 12.1 Å². The minimum atomic E-state index is -0.256. The third-order valence-electron chi connectivity index (χ3n) is 2.76. The Morgan fingerprint density at radius 1 is 1.21 bits per heavy atom. The molecule has 7 heteroatoms. The number of fused-ring (bicyclic) bond motifs is 1. The summed E-state index contributed by atoms with van der Waals surface area (Å²) < 4.78 is 12.8. The number of halogens is 1. The number of nitrogens with zero attached hydrogens (tertiary/aromatic N) is 3. The van der Waals surface area contributed by atoms with E-state index in [9.17, 15) is 4.39 Å². The minimum absolute atomic E-state index is 0.256. The molecule has 2 aromatic heterocycles. The van der Waals surface area contributed by atoms with Crippen molar-refractivity contribution in [2.45, 2.75) is 6.42 Å². The van der Waals surface area contributed by atoms with Crippen molar-refractivity contribution < 1.29 is 4.39 Å². The van der Waals surface area contributed by atoms with Crippen molar-refractivity contribution in [3.8, 4) is 0 Å². The van der Waals surface area contributed by atoms with Crippen LogP contribution in [0.2, 0.25) is 0 Å². The van der Waals surface area contributed by atoms with E-state index in [2.05, 4.69) is 25.4 Å². The molecule has 0 aliphatic rings. The summed E-state index contributed by atoms with van der Waals surface area (Å²) in [6.07, 6.45) is 1.95. The Hall–Kier alpha value is -2.54. The third kappa shape index (κ3) is 2.23. The van der Waals surface area contributed by atoms with Crippen LogP contribution in [-0.2, 0) is 6.42 Å². The molecule has 6 nitrogen and oxygen atoms in total. The van der Waals surface area contributed by atoms with Crippen LogP contribution in [0.15, 0.2) is 30.6 Å². The number of nitrogen functional groups attached to an aromatic ring is 1. The van der Waals surface area contributed by atoms with Crippen molar-refractivity contribution in [2.75, 3.05) is 5.43 Å². The largest absolute Gasteiger partial charge is 0.337 e. The number of anilines is 1. The number of benzene rings is 1. The predicted octanol–water partition coefficient (Wildman–Crippen LogP) is 1.37. The van der Waals surface area contributed by atoms with Crippen LogP contribution in [0, 0.1) is 5.82 Å². The lowest BCUT2D eigenvalue weighted by atomic mass is 10.1. The van der Waals surface area contributed by atoms with Gasteiger partial charge in [0, 0.05) is 6.42 Å². The van der Waals surface area contributed by atoms with E-state index in [1.165, 1.54) is 18.5 Å². The van der Waals surface area contributed by atoms with Gasteiger partial charge in [-0.25, -0.2) is 25.2 Å². The maximum atomic E-state index is 12.8. The second-order valence-electron chi connectivity index (χ2n) is 4.05. The van der Waals surface area contributed by atoms with Gasteiger partial charge in [-0.3, -0.25) is 0 Å². The van der Waals surface area contributed by atoms with Gasteiger partial charge in [0.15, 0.2) is 11.5 Å². The van der Waals surface area contributed by atoms with Crippen LogP contribution >= 0.6 is 0 Å². The summed E-state index contributed by atoms with van der Waals surface area (Å²) in [6.45, 7) is 0. The first-order chi connectivity index (χ1) is 9.26. The molecule has 4 N–H and O–H groups in total. The van der Waals surface area contributed by atoms with Gasteiger partial charge < -0.3 is 10.4 Å². The molecule has 0 spiro atoms. The fraction of sp³-hybridized carbons (Fsp3) is 0.0833. The van der Waals surface area contributed by atoms with Gasteiger partial charge in [0.2, 0.25) is 0 Å². The van der Waals surface area contributed by atoms with Crippen molar-refractivity contribution in [1.82, 2.24) is 19.9 Å². The number of hydrogen-bond acceptors (Lipinski definition) is 5. The number of H-pyrrole nitrogens is 1. The molecule has 96 valence electrons. The van der Waals surface area contributed by atoms with E-state index >= 15 is 0 Å². The first-order valence-corrected chi connectivity index (χ1v) is 5.67. The first-order valence-electron chi connectivity index (χ1n) is 5.67. The quantitative estimate of drug-likeness (QED) is 0.487. The topological polar surface area (TPSA) is 92.5 Å². The number of aromatic nitrogens is 4. The highest BCUT2D eigenvalue weighted by molar-refractivity contribution is 5.82. The molecule has 0 radical (unpaired) electrons. The summed E-state index contributed by atoms with van der Waals surface area (Å²) in [5.41, 5.74) is 4.63. The van der Waals surface area contributed by atoms with Crippen LogP contribution in [0.3, 0.4) is 0 Å². The molecular formula is C12H11FN6. The van der Waals surface area contributed by atoms with Gasteiger partial charge >= 0.3 is 0 Å². The number of rotatable bonds is 3. The van der Waals surface area contributed by atoms with Crippen molar-refractivity contribution in [2.24, 2.45) is 5.84 Å². The average Bonchev–Trinajstić information content (AvgIpc) is 2.83. The van der Waals surface area contributed by atoms with Crippen LogP contribution < -0.4 is 11.3 Å². The molecule has 3 aromatic rings. The van der Waals surface area contributed by atoms with E-state index in [1.807, 2.05) is 0 Å². The number of aromatic amines is 1. The van der Waals surface area contributed by atoms with Gasteiger partial charge in [-0.1, -0.05) is 12.1 Å². The summed E-state index contributed by atoms with van der Waals surface area (Å²) in [6, 6.07) is 6.28. The van der Waals surface area contributed by atoms with Crippen LogP contribution in [0.5, 0.6) is 0 Å². The smallest absolute Gasteiger partial charge is 0.183 e. The lowest BCUT2D eigenvalue weighted by molar-refractivity contribution is 0.627. The Balaban J connectivity index is 1.95. The van der Waals surface area contributed by atoms with Gasteiger partial charge in [-0.2, -0.15) is 0 Å². The SMILES string of the molecule is NNc1ncnc2nc(Cc3ccc(F)cc3)[nH]c12. The Morgan fingerprint density at radius 2 is 2.00 bits per heavy atom. The first kappa shape index (κ1) is 11.5. The Morgan fingerprint density at radius 3 is 2.74 bits per heavy atom. The van der Waals surface area contributed by atoms with Crippen LogP contribution in [-0.4, -0.2) is 19.9 Å². The Kier molecular flexibility index (Phi) is 2.81. The second kappa shape index (κ2) is 4.62. The average molecular weight is 258 g/mol. The van der Waals surface area contributed by atoms with Crippen molar-refractivity contribution in [1.29, 1.82) is 0 Å². The van der Waals surface area contributed by atoms with E-state index in [0.29, 0.717) is 23.4 Å². The molecule has 3 rings (SSSR count). The molecule has 0 bridgehead atoms. The van der Waals surface area contributed by atoms with Gasteiger partial charge in [0.05, 0.1) is 0 Å². The monoisotopic (exact) mass is 258 g/mol. The van der Waals surface area contributed by atoms with E-state index in [0.717, 1.165) is 11.4 Å². The third-order valence-corrected chi connectivity index (χ3v) is 2.76. The summed E-state index contributed by atoms with van der Waals surface area (Å²) in [4.78, 5) is 15.5.